The molecule has 0 amide bonds. The van der Waals surface area contributed by atoms with E-state index in [0.717, 1.165) is 42.8 Å². The number of carbonyl (C=O) groups is 1. The SMILES string of the molecule is CCCCCCCC1CCC(CCCOc2ccc(OC(=O)c3ccc(OCCC)cc3)cc2)CC1. The molecule has 0 unspecified atom stereocenters. The number of esters is 1. The molecule has 2 aromatic carbocycles. The largest absolute Gasteiger partial charge is 0.494 e. The first-order chi connectivity index (χ1) is 17.7. The number of benzene rings is 2. The molecule has 3 rings (SSSR count). The lowest BCUT2D eigenvalue weighted by molar-refractivity contribution is 0.0734. The van der Waals surface area contributed by atoms with Crippen LogP contribution in [0.4, 0.5) is 0 Å². The van der Waals surface area contributed by atoms with E-state index in [-0.39, 0.29) is 5.97 Å². The van der Waals surface area contributed by atoms with Gasteiger partial charge < -0.3 is 14.2 Å². The van der Waals surface area contributed by atoms with Gasteiger partial charge >= 0.3 is 5.97 Å². The number of hydrogen-bond acceptors (Lipinski definition) is 4. The molecule has 0 aliphatic heterocycles. The maximum absolute atomic E-state index is 12.4. The molecule has 0 radical (unpaired) electrons. The highest BCUT2D eigenvalue weighted by Gasteiger charge is 2.20. The van der Waals surface area contributed by atoms with Crippen molar-refractivity contribution in [2.75, 3.05) is 13.2 Å². The van der Waals surface area contributed by atoms with Gasteiger partial charge in [0.05, 0.1) is 18.8 Å². The van der Waals surface area contributed by atoms with E-state index < -0.39 is 0 Å². The minimum atomic E-state index is -0.378. The topological polar surface area (TPSA) is 44.8 Å². The predicted molar refractivity (Wildman–Crippen MR) is 147 cm³/mol. The Labute approximate surface area is 218 Å². The number of rotatable bonds is 16. The fourth-order valence-electron chi connectivity index (χ4n) is 5.08. The van der Waals surface area contributed by atoms with Crippen LogP contribution in [0.15, 0.2) is 48.5 Å². The Kier molecular flexibility index (Phi) is 12.7. The number of hydrogen-bond donors (Lipinski definition) is 0. The lowest BCUT2D eigenvalue weighted by Crippen LogP contribution is -2.15. The molecule has 1 aliphatic rings. The summed E-state index contributed by atoms with van der Waals surface area (Å²) in [5.41, 5.74) is 0.500. The standard InChI is InChI=1S/C32H46O4/c1-3-5-6-7-8-10-26-12-14-27(15-13-26)11-9-25-35-30-20-22-31(23-21-30)36-32(33)28-16-18-29(19-17-28)34-24-4-2/h16-23,26-27H,3-15,24-25H2,1-2H3. The molecule has 0 bridgehead atoms. The molecule has 198 valence electrons. The third kappa shape index (κ3) is 10.2. The van der Waals surface area contributed by atoms with Crippen molar-refractivity contribution >= 4 is 5.97 Å². The molecule has 36 heavy (non-hydrogen) atoms. The first-order valence-electron chi connectivity index (χ1n) is 14.4. The van der Waals surface area contributed by atoms with Gasteiger partial charge in [0.25, 0.3) is 0 Å². The lowest BCUT2D eigenvalue weighted by atomic mass is 9.78. The maximum atomic E-state index is 12.4. The van der Waals surface area contributed by atoms with Crippen molar-refractivity contribution in [3.05, 3.63) is 54.1 Å². The van der Waals surface area contributed by atoms with Crippen molar-refractivity contribution in [2.24, 2.45) is 11.8 Å². The second kappa shape index (κ2) is 16.3. The van der Waals surface area contributed by atoms with Gasteiger partial charge in [-0.1, -0.05) is 78.1 Å². The average Bonchev–Trinajstić information content (AvgIpc) is 2.91. The number of unbranched alkanes of at least 4 members (excludes halogenated alkanes) is 4. The Hall–Kier alpha value is -2.49. The third-order valence-electron chi connectivity index (χ3n) is 7.30. The fraction of sp³-hybridized carbons (Fsp3) is 0.594. The highest BCUT2D eigenvalue weighted by Crippen LogP contribution is 2.34. The Balaban J connectivity index is 1.28. The van der Waals surface area contributed by atoms with Gasteiger partial charge in [0, 0.05) is 0 Å². The Morgan fingerprint density at radius 1 is 0.639 bits per heavy atom. The van der Waals surface area contributed by atoms with Gasteiger partial charge in [0.2, 0.25) is 0 Å². The molecular formula is C32H46O4. The molecule has 0 saturated heterocycles. The van der Waals surface area contributed by atoms with Gasteiger partial charge in [0.15, 0.2) is 0 Å². The molecule has 4 nitrogen and oxygen atoms in total. The highest BCUT2D eigenvalue weighted by molar-refractivity contribution is 5.91. The van der Waals surface area contributed by atoms with Crippen LogP contribution in [-0.2, 0) is 0 Å². The van der Waals surface area contributed by atoms with Gasteiger partial charge in [-0.15, -0.1) is 0 Å². The monoisotopic (exact) mass is 494 g/mol. The fourth-order valence-corrected chi connectivity index (χ4v) is 5.08. The van der Waals surface area contributed by atoms with E-state index in [1.54, 1.807) is 36.4 Å². The summed E-state index contributed by atoms with van der Waals surface area (Å²) >= 11 is 0. The van der Waals surface area contributed by atoms with E-state index in [1.165, 1.54) is 70.6 Å². The van der Waals surface area contributed by atoms with Crippen LogP contribution in [0.3, 0.4) is 0 Å². The molecule has 4 heteroatoms. The van der Waals surface area contributed by atoms with Gasteiger partial charge in [-0.3, -0.25) is 0 Å². The summed E-state index contributed by atoms with van der Waals surface area (Å²) in [6.07, 6.45) is 17.4. The summed E-state index contributed by atoms with van der Waals surface area (Å²) in [5, 5.41) is 0. The zero-order valence-electron chi connectivity index (χ0n) is 22.5. The summed E-state index contributed by atoms with van der Waals surface area (Å²) in [5.74, 6) is 3.57. The zero-order chi connectivity index (χ0) is 25.4. The van der Waals surface area contributed by atoms with Gasteiger partial charge in [0.1, 0.15) is 17.2 Å². The summed E-state index contributed by atoms with van der Waals surface area (Å²) in [4.78, 5) is 12.4. The second-order valence-corrected chi connectivity index (χ2v) is 10.3. The molecule has 1 saturated carbocycles. The number of carbonyl (C=O) groups excluding carboxylic acids is 1. The van der Waals surface area contributed by atoms with Crippen LogP contribution in [-0.4, -0.2) is 19.2 Å². The van der Waals surface area contributed by atoms with Crippen LogP contribution in [0, 0.1) is 11.8 Å². The van der Waals surface area contributed by atoms with Crippen LogP contribution in [0.25, 0.3) is 0 Å². The third-order valence-corrected chi connectivity index (χ3v) is 7.30. The molecule has 1 fully saturated rings. The summed E-state index contributed by atoms with van der Waals surface area (Å²) in [7, 11) is 0. The van der Waals surface area contributed by atoms with E-state index in [4.69, 9.17) is 14.2 Å². The molecule has 0 heterocycles. The van der Waals surface area contributed by atoms with Crippen molar-refractivity contribution in [1.29, 1.82) is 0 Å². The van der Waals surface area contributed by atoms with Gasteiger partial charge in [-0.05, 0) is 79.6 Å². The van der Waals surface area contributed by atoms with E-state index in [0.29, 0.717) is 17.9 Å². The van der Waals surface area contributed by atoms with Crippen molar-refractivity contribution < 1.29 is 19.0 Å². The highest BCUT2D eigenvalue weighted by atomic mass is 16.5. The molecule has 0 spiro atoms. The van der Waals surface area contributed by atoms with Gasteiger partial charge in [-0.2, -0.15) is 0 Å². The smallest absolute Gasteiger partial charge is 0.343 e. The minimum Gasteiger partial charge on any atom is -0.494 e. The lowest BCUT2D eigenvalue weighted by Gasteiger charge is -2.28. The normalized spacial score (nSPS) is 17.5. The van der Waals surface area contributed by atoms with Gasteiger partial charge in [-0.25, -0.2) is 4.79 Å². The zero-order valence-corrected chi connectivity index (χ0v) is 22.5. The maximum Gasteiger partial charge on any atom is 0.343 e. The summed E-state index contributed by atoms with van der Waals surface area (Å²) < 4.78 is 17.0. The number of ether oxygens (including phenoxy) is 3. The van der Waals surface area contributed by atoms with Crippen LogP contribution >= 0.6 is 0 Å². The summed E-state index contributed by atoms with van der Waals surface area (Å²) in [6.45, 7) is 5.75. The molecule has 0 atom stereocenters. The Morgan fingerprint density at radius 2 is 1.17 bits per heavy atom. The minimum absolute atomic E-state index is 0.378. The Morgan fingerprint density at radius 3 is 1.78 bits per heavy atom. The first kappa shape index (κ1) is 28.1. The van der Waals surface area contributed by atoms with Crippen LogP contribution in [0.1, 0.15) is 108 Å². The Bertz CT molecular complexity index is 851. The second-order valence-electron chi connectivity index (χ2n) is 10.3. The molecule has 1 aliphatic carbocycles. The first-order valence-corrected chi connectivity index (χ1v) is 14.4. The van der Waals surface area contributed by atoms with Crippen molar-refractivity contribution in [3.8, 4) is 17.2 Å². The van der Waals surface area contributed by atoms with Crippen LogP contribution in [0.2, 0.25) is 0 Å². The van der Waals surface area contributed by atoms with Crippen LogP contribution < -0.4 is 14.2 Å². The molecular weight excluding hydrogens is 448 g/mol. The van der Waals surface area contributed by atoms with E-state index in [1.807, 2.05) is 12.1 Å². The average molecular weight is 495 g/mol. The van der Waals surface area contributed by atoms with Crippen LogP contribution in [0.5, 0.6) is 17.2 Å². The molecule has 0 aromatic heterocycles. The summed E-state index contributed by atoms with van der Waals surface area (Å²) in [6, 6.07) is 14.4. The van der Waals surface area contributed by atoms with Crippen molar-refractivity contribution in [2.45, 2.75) is 97.3 Å². The van der Waals surface area contributed by atoms with E-state index >= 15 is 0 Å². The molecule has 2 aromatic rings. The quantitative estimate of drug-likeness (QED) is 0.133. The molecule has 0 N–H and O–H groups in total. The van der Waals surface area contributed by atoms with Crippen molar-refractivity contribution in [3.63, 3.8) is 0 Å². The van der Waals surface area contributed by atoms with Crippen molar-refractivity contribution in [1.82, 2.24) is 0 Å². The predicted octanol–water partition coefficient (Wildman–Crippen LogP) is 9.02. The van der Waals surface area contributed by atoms with E-state index in [9.17, 15) is 4.79 Å². The van der Waals surface area contributed by atoms with E-state index in [2.05, 4.69) is 13.8 Å².